The number of fused-ring (bicyclic) bond motifs is 2. The number of aromatic nitrogens is 4. The van der Waals surface area contributed by atoms with E-state index in [1.165, 1.54) is 23.1 Å². The molecule has 0 spiro atoms. The Hall–Kier alpha value is -4.02. The van der Waals surface area contributed by atoms with Crippen molar-refractivity contribution in [2.24, 2.45) is 0 Å². The molecule has 0 saturated carbocycles. The number of H-pyrrole nitrogens is 1. The molecule has 4 aromatic rings. The third kappa shape index (κ3) is 3.82. The smallest absolute Gasteiger partial charge is 0.331 e. The lowest BCUT2D eigenvalue weighted by Gasteiger charge is -2.29. The summed E-state index contributed by atoms with van der Waals surface area (Å²) in [4.78, 5) is 29.8. The molecule has 0 radical (unpaired) electrons. The Bertz CT molecular complexity index is 1470. The Morgan fingerprint density at radius 3 is 2.62 bits per heavy atom. The molecule has 2 aromatic carbocycles. The van der Waals surface area contributed by atoms with Gasteiger partial charge in [-0.2, -0.15) is 18.3 Å². The van der Waals surface area contributed by atoms with Crippen molar-refractivity contribution in [2.75, 3.05) is 6.54 Å². The van der Waals surface area contributed by atoms with Crippen LogP contribution in [0.25, 0.3) is 10.8 Å². The summed E-state index contributed by atoms with van der Waals surface area (Å²) in [5.41, 5.74) is 0.868. The molecule has 1 N–H and O–H groups in total. The number of benzene rings is 2. The van der Waals surface area contributed by atoms with E-state index in [0.717, 1.165) is 10.8 Å². The molecule has 5 rings (SSSR count). The monoisotopic (exact) mass is 471 g/mol. The molecular formula is C23H17F4N5O2. The Balaban J connectivity index is 1.42. The van der Waals surface area contributed by atoms with Crippen molar-refractivity contribution in [3.05, 3.63) is 93.2 Å². The number of amides is 1. The van der Waals surface area contributed by atoms with Crippen molar-refractivity contribution < 1.29 is 22.4 Å². The second-order valence-corrected chi connectivity index (χ2v) is 7.99. The van der Waals surface area contributed by atoms with Gasteiger partial charge in [-0.15, -0.1) is 0 Å². The molecule has 2 aromatic heterocycles. The second kappa shape index (κ2) is 8.08. The molecule has 0 atom stereocenters. The average Bonchev–Trinajstić information content (AvgIpc) is 3.26. The van der Waals surface area contributed by atoms with Gasteiger partial charge in [0.15, 0.2) is 0 Å². The van der Waals surface area contributed by atoms with Crippen LogP contribution in [0.15, 0.2) is 53.5 Å². The highest BCUT2D eigenvalue weighted by Crippen LogP contribution is 2.31. The maximum atomic E-state index is 14.6. The van der Waals surface area contributed by atoms with Crippen LogP contribution in [0, 0.1) is 5.82 Å². The van der Waals surface area contributed by atoms with Crippen LogP contribution in [0.4, 0.5) is 17.6 Å². The Morgan fingerprint density at radius 2 is 1.85 bits per heavy atom. The van der Waals surface area contributed by atoms with E-state index in [-0.39, 0.29) is 42.9 Å². The zero-order chi connectivity index (χ0) is 24.0. The quantitative estimate of drug-likeness (QED) is 0.464. The summed E-state index contributed by atoms with van der Waals surface area (Å²) in [6.07, 6.45) is -3.27. The maximum Gasteiger partial charge on any atom is 0.449 e. The van der Waals surface area contributed by atoms with Gasteiger partial charge in [0.05, 0.1) is 35.1 Å². The predicted octanol–water partition coefficient (Wildman–Crippen LogP) is 3.52. The van der Waals surface area contributed by atoms with Crippen molar-refractivity contribution in [3.8, 4) is 0 Å². The fourth-order valence-electron chi connectivity index (χ4n) is 4.20. The number of rotatable bonds is 3. The fraction of sp³-hybridized carbons (Fsp3) is 0.217. The first-order valence-corrected chi connectivity index (χ1v) is 10.4. The molecule has 174 valence electrons. The first-order valence-electron chi connectivity index (χ1n) is 10.4. The minimum Gasteiger partial charge on any atom is -0.331 e. The van der Waals surface area contributed by atoms with Crippen molar-refractivity contribution in [2.45, 2.75) is 25.7 Å². The normalized spacial score (nSPS) is 13.8. The summed E-state index contributed by atoms with van der Waals surface area (Å²) in [5, 5.41) is 7.66. The summed E-state index contributed by atoms with van der Waals surface area (Å²) in [5.74, 6) is -2.37. The highest BCUT2D eigenvalue weighted by Gasteiger charge is 2.39. The van der Waals surface area contributed by atoms with Gasteiger partial charge in [0.2, 0.25) is 5.82 Å². The molecular weight excluding hydrogens is 454 g/mol. The number of hydrogen-bond acceptors (Lipinski definition) is 4. The van der Waals surface area contributed by atoms with E-state index in [4.69, 9.17) is 0 Å². The highest BCUT2D eigenvalue weighted by atomic mass is 19.4. The molecule has 7 nitrogen and oxygen atoms in total. The van der Waals surface area contributed by atoms with Gasteiger partial charge in [-0.25, -0.2) is 14.5 Å². The molecule has 1 amide bonds. The molecule has 0 saturated heterocycles. The molecule has 3 heterocycles. The number of halogens is 4. The molecule has 0 aliphatic carbocycles. The van der Waals surface area contributed by atoms with E-state index in [1.54, 1.807) is 24.3 Å². The van der Waals surface area contributed by atoms with Gasteiger partial charge in [0, 0.05) is 24.9 Å². The highest BCUT2D eigenvalue weighted by molar-refractivity contribution is 5.94. The summed E-state index contributed by atoms with van der Waals surface area (Å²) < 4.78 is 54.9. The van der Waals surface area contributed by atoms with Crippen LogP contribution in [0.2, 0.25) is 0 Å². The lowest BCUT2D eigenvalue weighted by Crippen LogP contribution is -2.39. The number of nitrogens with one attached hydrogen (secondary N) is 1. The Kier molecular flexibility index (Phi) is 5.18. The van der Waals surface area contributed by atoms with E-state index < -0.39 is 23.7 Å². The molecule has 34 heavy (non-hydrogen) atoms. The van der Waals surface area contributed by atoms with E-state index in [2.05, 4.69) is 15.2 Å². The maximum absolute atomic E-state index is 14.6. The lowest BCUT2D eigenvalue weighted by atomic mass is 10.0. The molecule has 0 fully saturated rings. The Labute approximate surface area is 189 Å². The largest absolute Gasteiger partial charge is 0.449 e. The Morgan fingerprint density at radius 1 is 1.09 bits per heavy atom. The second-order valence-electron chi connectivity index (χ2n) is 7.99. The molecule has 1 aliphatic rings. The third-order valence-corrected chi connectivity index (χ3v) is 5.83. The van der Waals surface area contributed by atoms with Gasteiger partial charge in [-0.05, 0) is 23.8 Å². The fourth-order valence-corrected chi connectivity index (χ4v) is 4.20. The van der Waals surface area contributed by atoms with Crippen LogP contribution in [0.3, 0.4) is 0 Å². The summed E-state index contributed by atoms with van der Waals surface area (Å²) in [6, 6.07) is 11.0. The molecule has 11 heteroatoms. The third-order valence-electron chi connectivity index (χ3n) is 5.83. The van der Waals surface area contributed by atoms with Crippen molar-refractivity contribution >= 4 is 16.7 Å². The number of hydrogen-bond donors (Lipinski definition) is 1. The first kappa shape index (κ1) is 21.8. The zero-order valence-corrected chi connectivity index (χ0v) is 17.6. The van der Waals surface area contributed by atoms with Crippen molar-refractivity contribution in [1.29, 1.82) is 0 Å². The van der Waals surface area contributed by atoms with E-state index in [0.29, 0.717) is 22.0 Å². The molecule has 0 bridgehead atoms. The van der Waals surface area contributed by atoms with Crippen LogP contribution < -0.4 is 5.56 Å². The number of alkyl halides is 3. The topological polar surface area (TPSA) is 83.9 Å². The molecule has 1 aliphatic heterocycles. The zero-order valence-electron chi connectivity index (χ0n) is 17.6. The number of nitrogens with zero attached hydrogens (tertiary/aromatic N) is 4. The van der Waals surface area contributed by atoms with Gasteiger partial charge in [-0.3, -0.25) is 9.59 Å². The average molecular weight is 471 g/mol. The van der Waals surface area contributed by atoms with E-state index in [1.807, 2.05) is 0 Å². The van der Waals surface area contributed by atoms with Crippen molar-refractivity contribution in [3.63, 3.8) is 0 Å². The van der Waals surface area contributed by atoms with Crippen molar-refractivity contribution in [1.82, 2.24) is 24.6 Å². The first-order chi connectivity index (χ1) is 16.2. The van der Waals surface area contributed by atoms with Crippen LogP contribution in [0.1, 0.15) is 33.1 Å². The van der Waals surface area contributed by atoms with Crippen LogP contribution >= 0.6 is 0 Å². The minimum atomic E-state index is -4.59. The van der Waals surface area contributed by atoms with E-state index >= 15 is 0 Å². The summed E-state index contributed by atoms with van der Waals surface area (Å²) in [7, 11) is 0. The van der Waals surface area contributed by atoms with Crippen LogP contribution in [-0.2, 0) is 25.7 Å². The standard InChI is InChI=1S/C23H17F4N5O2/c24-18-6-5-13(10-19-15-3-1-2-4-16(15)20(33)30-29-19)9-17(18)21(34)31-7-8-32-14(12-31)11-28-22(32)23(25,26)27/h1-6,9,11H,7-8,10,12H2,(H,30,33). The van der Waals surface area contributed by atoms with Gasteiger partial charge in [0.1, 0.15) is 5.82 Å². The number of carbonyl (C=O) groups is 1. The van der Waals surface area contributed by atoms with Crippen LogP contribution in [0.5, 0.6) is 0 Å². The lowest BCUT2D eigenvalue weighted by molar-refractivity contribution is -0.147. The summed E-state index contributed by atoms with van der Waals surface area (Å²) >= 11 is 0. The van der Waals surface area contributed by atoms with Gasteiger partial charge in [-0.1, -0.05) is 24.3 Å². The van der Waals surface area contributed by atoms with E-state index in [9.17, 15) is 27.2 Å². The molecule has 0 unspecified atom stereocenters. The summed E-state index contributed by atoms with van der Waals surface area (Å²) in [6.45, 7) is -0.219. The number of imidazole rings is 1. The van der Waals surface area contributed by atoms with Crippen LogP contribution in [-0.4, -0.2) is 37.1 Å². The van der Waals surface area contributed by atoms with Gasteiger partial charge >= 0.3 is 6.18 Å². The predicted molar refractivity (Wildman–Crippen MR) is 114 cm³/mol. The van der Waals surface area contributed by atoms with Gasteiger partial charge < -0.3 is 9.47 Å². The van der Waals surface area contributed by atoms with Gasteiger partial charge in [0.25, 0.3) is 11.5 Å². The number of aromatic amines is 1. The minimum absolute atomic E-state index is 0.0128. The SMILES string of the molecule is O=C(c1cc(Cc2n[nH]c(=O)c3ccccc23)ccc1F)N1CCn2c(cnc2C(F)(F)F)C1. The number of carbonyl (C=O) groups excluding carboxylic acids is 1.